The maximum Gasteiger partial charge on any atom is 0.0621 e. The number of nitrogen functional groups attached to an aromatic ring is 1. The molecule has 0 atom stereocenters. The maximum atomic E-state index is 8.54. The molecular formula is C15H21N3. The molecule has 1 saturated carbocycles. The third-order valence-corrected chi connectivity index (χ3v) is 3.38. The highest BCUT2D eigenvalue weighted by atomic mass is 15.2. The number of rotatable bonds is 7. The van der Waals surface area contributed by atoms with Gasteiger partial charge in [0.2, 0.25) is 0 Å². The van der Waals surface area contributed by atoms with E-state index in [-0.39, 0.29) is 0 Å². The van der Waals surface area contributed by atoms with Crippen LogP contribution in [0.2, 0.25) is 0 Å². The highest BCUT2D eigenvalue weighted by molar-refractivity contribution is 5.40. The molecule has 0 unspecified atom stereocenters. The van der Waals surface area contributed by atoms with Crippen molar-refractivity contribution in [2.24, 2.45) is 0 Å². The number of hydrogen-bond donors (Lipinski definition) is 1. The van der Waals surface area contributed by atoms with E-state index >= 15 is 0 Å². The van der Waals surface area contributed by atoms with E-state index in [1.54, 1.807) is 0 Å². The summed E-state index contributed by atoms with van der Waals surface area (Å²) in [6, 6.07) is 11.1. The van der Waals surface area contributed by atoms with Gasteiger partial charge in [-0.25, -0.2) is 0 Å². The summed E-state index contributed by atoms with van der Waals surface area (Å²) in [7, 11) is 0. The second kappa shape index (κ2) is 6.42. The molecule has 0 amide bonds. The van der Waals surface area contributed by atoms with E-state index in [1.165, 1.54) is 18.4 Å². The summed E-state index contributed by atoms with van der Waals surface area (Å²) in [4.78, 5) is 2.53. The van der Waals surface area contributed by atoms with E-state index in [1.807, 2.05) is 12.1 Å². The van der Waals surface area contributed by atoms with E-state index in [4.69, 9.17) is 11.0 Å². The summed E-state index contributed by atoms with van der Waals surface area (Å²) in [6.07, 6.45) is 5.45. The van der Waals surface area contributed by atoms with Crippen LogP contribution in [0.25, 0.3) is 0 Å². The van der Waals surface area contributed by atoms with Crippen LogP contribution in [0, 0.1) is 11.3 Å². The lowest BCUT2D eigenvalue weighted by Gasteiger charge is -2.22. The molecule has 1 aromatic carbocycles. The molecule has 0 aliphatic heterocycles. The molecular weight excluding hydrogens is 222 g/mol. The van der Waals surface area contributed by atoms with Crippen LogP contribution in [0.5, 0.6) is 0 Å². The van der Waals surface area contributed by atoms with Gasteiger partial charge in [0.15, 0.2) is 0 Å². The summed E-state index contributed by atoms with van der Waals surface area (Å²) in [5.74, 6) is 0. The van der Waals surface area contributed by atoms with E-state index < -0.39 is 0 Å². The van der Waals surface area contributed by atoms with Crippen molar-refractivity contribution in [3.05, 3.63) is 29.8 Å². The van der Waals surface area contributed by atoms with E-state index in [9.17, 15) is 0 Å². The standard InChI is InChI=1S/C15H21N3/c16-9-2-1-3-10-18(15-7-8-15)12-13-5-4-6-14(17)11-13/h4-6,11,15H,1-3,7-8,10,12,17H2. The first kappa shape index (κ1) is 12.9. The van der Waals surface area contributed by atoms with E-state index in [2.05, 4.69) is 23.1 Å². The van der Waals surface area contributed by atoms with Gasteiger partial charge in [0.25, 0.3) is 0 Å². The van der Waals surface area contributed by atoms with Gasteiger partial charge in [-0.05, 0) is 49.9 Å². The zero-order chi connectivity index (χ0) is 12.8. The predicted octanol–water partition coefficient (Wildman–Crippen LogP) is 2.93. The number of benzene rings is 1. The molecule has 1 aromatic rings. The van der Waals surface area contributed by atoms with Crippen molar-refractivity contribution < 1.29 is 0 Å². The number of anilines is 1. The van der Waals surface area contributed by atoms with Crippen molar-refractivity contribution in [3.63, 3.8) is 0 Å². The van der Waals surface area contributed by atoms with Crippen LogP contribution < -0.4 is 5.73 Å². The van der Waals surface area contributed by atoms with Gasteiger partial charge in [0.1, 0.15) is 0 Å². The molecule has 0 aromatic heterocycles. The van der Waals surface area contributed by atoms with Gasteiger partial charge >= 0.3 is 0 Å². The van der Waals surface area contributed by atoms with Gasteiger partial charge in [-0.15, -0.1) is 0 Å². The Morgan fingerprint density at radius 3 is 2.83 bits per heavy atom. The Morgan fingerprint density at radius 1 is 1.33 bits per heavy atom. The van der Waals surface area contributed by atoms with Gasteiger partial charge in [0, 0.05) is 24.7 Å². The van der Waals surface area contributed by atoms with Crippen LogP contribution in [0.3, 0.4) is 0 Å². The van der Waals surface area contributed by atoms with Crippen LogP contribution in [0.4, 0.5) is 5.69 Å². The van der Waals surface area contributed by atoms with Gasteiger partial charge in [0.05, 0.1) is 6.07 Å². The Labute approximate surface area is 109 Å². The molecule has 0 saturated heterocycles. The first-order valence-electron chi connectivity index (χ1n) is 6.75. The molecule has 2 N–H and O–H groups in total. The van der Waals surface area contributed by atoms with Gasteiger partial charge in [-0.1, -0.05) is 12.1 Å². The van der Waals surface area contributed by atoms with Crippen LogP contribution in [-0.2, 0) is 6.54 Å². The Morgan fingerprint density at radius 2 is 2.17 bits per heavy atom. The Balaban J connectivity index is 1.84. The maximum absolute atomic E-state index is 8.54. The fourth-order valence-corrected chi connectivity index (χ4v) is 2.28. The average molecular weight is 243 g/mol. The Hall–Kier alpha value is -1.53. The Bertz CT molecular complexity index is 418. The highest BCUT2D eigenvalue weighted by Crippen LogP contribution is 2.28. The average Bonchev–Trinajstić information content (AvgIpc) is 3.17. The van der Waals surface area contributed by atoms with Crippen LogP contribution >= 0.6 is 0 Å². The van der Waals surface area contributed by atoms with Crippen LogP contribution in [0.15, 0.2) is 24.3 Å². The van der Waals surface area contributed by atoms with Crippen molar-refractivity contribution in [3.8, 4) is 6.07 Å². The lowest BCUT2D eigenvalue weighted by Crippen LogP contribution is -2.26. The van der Waals surface area contributed by atoms with Crippen molar-refractivity contribution in [1.82, 2.24) is 4.90 Å². The molecule has 3 nitrogen and oxygen atoms in total. The summed E-state index contributed by atoms with van der Waals surface area (Å²) in [5, 5.41) is 8.54. The molecule has 0 heterocycles. The second-order valence-electron chi connectivity index (χ2n) is 5.06. The van der Waals surface area contributed by atoms with Crippen molar-refractivity contribution in [1.29, 1.82) is 5.26 Å². The van der Waals surface area contributed by atoms with Gasteiger partial charge < -0.3 is 5.73 Å². The number of unbranched alkanes of at least 4 members (excludes halogenated alkanes) is 2. The fourth-order valence-electron chi connectivity index (χ4n) is 2.28. The minimum atomic E-state index is 0.677. The minimum Gasteiger partial charge on any atom is -0.399 e. The summed E-state index contributed by atoms with van der Waals surface area (Å²) < 4.78 is 0. The minimum absolute atomic E-state index is 0.677. The van der Waals surface area contributed by atoms with E-state index in [0.717, 1.165) is 37.7 Å². The fraction of sp³-hybridized carbons (Fsp3) is 0.533. The lowest BCUT2D eigenvalue weighted by atomic mass is 10.1. The molecule has 18 heavy (non-hydrogen) atoms. The van der Waals surface area contributed by atoms with Crippen molar-refractivity contribution in [2.75, 3.05) is 12.3 Å². The number of nitrogens with two attached hydrogens (primary N) is 1. The highest BCUT2D eigenvalue weighted by Gasteiger charge is 2.28. The topological polar surface area (TPSA) is 53.0 Å². The number of hydrogen-bond acceptors (Lipinski definition) is 3. The lowest BCUT2D eigenvalue weighted by molar-refractivity contribution is 0.250. The predicted molar refractivity (Wildman–Crippen MR) is 73.8 cm³/mol. The first-order chi connectivity index (χ1) is 8.79. The molecule has 0 radical (unpaired) electrons. The third-order valence-electron chi connectivity index (χ3n) is 3.38. The summed E-state index contributed by atoms with van der Waals surface area (Å²) in [6.45, 7) is 2.09. The van der Waals surface area contributed by atoms with Crippen LogP contribution in [-0.4, -0.2) is 17.5 Å². The van der Waals surface area contributed by atoms with Crippen molar-refractivity contribution >= 4 is 5.69 Å². The summed E-state index contributed by atoms with van der Waals surface area (Å²) in [5.41, 5.74) is 7.95. The largest absolute Gasteiger partial charge is 0.399 e. The van der Waals surface area contributed by atoms with Crippen molar-refractivity contribution in [2.45, 2.75) is 44.7 Å². The molecule has 0 bridgehead atoms. The van der Waals surface area contributed by atoms with E-state index in [0.29, 0.717) is 6.42 Å². The van der Waals surface area contributed by atoms with Gasteiger partial charge in [-0.2, -0.15) is 5.26 Å². The molecule has 3 heteroatoms. The van der Waals surface area contributed by atoms with Crippen LogP contribution in [0.1, 0.15) is 37.7 Å². The SMILES string of the molecule is N#CCCCCN(Cc1cccc(N)c1)C1CC1. The molecule has 96 valence electrons. The smallest absolute Gasteiger partial charge is 0.0621 e. The normalized spacial score (nSPS) is 14.7. The summed E-state index contributed by atoms with van der Waals surface area (Å²) >= 11 is 0. The molecule has 1 aliphatic carbocycles. The zero-order valence-electron chi connectivity index (χ0n) is 10.8. The molecule has 1 fully saturated rings. The quantitative estimate of drug-likeness (QED) is 0.591. The van der Waals surface area contributed by atoms with Gasteiger partial charge in [-0.3, -0.25) is 4.90 Å². The molecule has 0 spiro atoms. The Kier molecular flexibility index (Phi) is 4.60. The molecule has 2 rings (SSSR count). The zero-order valence-corrected chi connectivity index (χ0v) is 10.8. The monoisotopic (exact) mass is 243 g/mol. The second-order valence-corrected chi connectivity index (χ2v) is 5.06. The first-order valence-corrected chi connectivity index (χ1v) is 6.75. The number of nitrogens with zero attached hydrogens (tertiary/aromatic N) is 2. The number of nitriles is 1. The molecule has 1 aliphatic rings. The third kappa shape index (κ3) is 4.05.